The van der Waals surface area contributed by atoms with Crippen LogP contribution in [0.4, 0.5) is 0 Å². The van der Waals surface area contributed by atoms with Crippen molar-refractivity contribution in [3.63, 3.8) is 0 Å². The zero-order valence-corrected chi connectivity index (χ0v) is 9.97. The molecule has 0 aliphatic heterocycles. The van der Waals surface area contributed by atoms with Crippen LogP contribution in [-0.2, 0) is 4.79 Å². The van der Waals surface area contributed by atoms with Gasteiger partial charge in [0.1, 0.15) is 6.04 Å². The van der Waals surface area contributed by atoms with Crippen LogP contribution in [0.25, 0.3) is 10.8 Å². The third-order valence-electron chi connectivity index (χ3n) is 3.27. The quantitative estimate of drug-likeness (QED) is 0.852. The Balaban J connectivity index is 2.07. The number of fused-ring (bicyclic) bond motifs is 1. The highest BCUT2D eigenvalue weighted by atomic mass is 16.1. The molecule has 3 N–H and O–H groups in total. The minimum absolute atomic E-state index is 0.347. The molecule has 0 bridgehead atoms. The summed E-state index contributed by atoms with van der Waals surface area (Å²) in [6.45, 7) is 0. The molecule has 18 heavy (non-hydrogen) atoms. The Labute approximate surface area is 105 Å². The van der Waals surface area contributed by atoms with Crippen molar-refractivity contribution < 1.29 is 4.79 Å². The Morgan fingerprint density at radius 3 is 2.83 bits per heavy atom. The molecule has 4 nitrogen and oxygen atoms in total. The Kier molecular flexibility index (Phi) is 2.72. The first-order chi connectivity index (χ1) is 8.75. The Morgan fingerprint density at radius 1 is 1.33 bits per heavy atom. The van der Waals surface area contributed by atoms with E-state index in [1.807, 2.05) is 24.3 Å². The molecule has 1 unspecified atom stereocenters. The summed E-state index contributed by atoms with van der Waals surface area (Å²) < 4.78 is 0. The monoisotopic (exact) mass is 241 g/mol. The molecule has 1 aromatic heterocycles. The SMILES string of the molecule is NC(=O)C(NC1CC1)c1cncc2ccccc12. The van der Waals surface area contributed by atoms with Crippen LogP contribution >= 0.6 is 0 Å². The molecule has 1 aliphatic rings. The molecule has 3 rings (SSSR count). The highest BCUT2D eigenvalue weighted by molar-refractivity contribution is 5.91. The molecule has 1 aromatic carbocycles. The lowest BCUT2D eigenvalue weighted by Gasteiger charge is -2.17. The van der Waals surface area contributed by atoms with Crippen LogP contribution in [0.15, 0.2) is 36.7 Å². The summed E-state index contributed by atoms with van der Waals surface area (Å²) in [7, 11) is 0. The van der Waals surface area contributed by atoms with Gasteiger partial charge in [-0.1, -0.05) is 24.3 Å². The number of pyridine rings is 1. The molecule has 1 amide bonds. The Hall–Kier alpha value is -1.94. The van der Waals surface area contributed by atoms with Crippen LogP contribution in [-0.4, -0.2) is 16.9 Å². The van der Waals surface area contributed by atoms with Gasteiger partial charge in [-0.05, 0) is 18.2 Å². The minimum Gasteiger partial charge on any atom is -0.368 e. The minimum atomic E-state index is -0.448. The summed E-state index contributed by atoms with van der Waals surface area (Å²) in [4.78, 5) is 15.8. The van der Waals surface area contributed by atoms with Gasteiger partial charge >= 0.3 is 0 Å². The normalized spacial score (nSPS) is 16.7. The van der Waals surface area contributed by atoms with E-state index >= 15 is 0 Å². The van der Waals surface area contributed by atoms with E-state index in [2.05, 4.69) is 10.3 Å². The van der Waals surface area contributed by atoms with Gasteiger partial charge in [0.25, 0.3) is 0 Å². The van der Waals surface area contributed by atoms with E-state index in [9.17, 15) is 4.79 Å². The van der Waals surface area contributed by atoms with Gasteiger partial charge in [-0.25, -0.2) is 0 Å². The van der Waals surface area contributed by atoms with Gasteiger partial charge in [0.15, 0.2) is 0 Å². The van der Waals surface area contributed by atoms with Crippen LogP contribution < -0.4 is 11.1 Å². The molecule has 0 saturated heterocycles. The third kappa shape index (κ3) is 2.07. The van der Waals surface area contributed by atoms with E-state index in [1.165, 1.54) is 0 Å². The number of rotatable bonds is 4. The van der Waals surface area contributed by atoms with E-state index in [4.69, 9.17) is 5.73 Å². The van der Waals surface area contributed by atoms with E-state index in [0.717, 1.165) is 29.2 Å². The smallest absolute Gasteiger partial charge is 0.239 e. The van der Waals surface area contributed by atoms with Crippen LogP contribution in [0.1, 0.15) is 24.4 Å². The second kappa shape index (κ2) is 4.38. The summed E-state index contributed by atoms with van der Waals surface area (Å²) >= 11 is 0. The number of primary amides is 1. The van der Waals surface area contributed by atoms with E-state index in [-0.39, 0.29) is 5.91 Å². The lowest BCUT2D eigenvalue weighted by molar-refractivity contribution is -0.120. The van der Waals surface area contributed by atoms with E-state index in [1.54, 1.807) is 12.4 Å². The van der Waals surface area contributed by atoms with Gasteiger partial charge in [-0.3, -0.25) is 15.1 Å². The van der Waals surface area contributed by atoms with Crippen LogP contribution in [0.2, 0.25) is 0 Å². The number of nitrogens with two attached hydrogens (primary N) is 1. The first kappa shape index (κ1) is 11.2. The number of carbonyl (C=O) groups is 1. The first-order valence-electron chi connectivity index (χ1n) is 6.14. The highest BCUT2D eigenvalue weighted by Gasteiger charge is 2.29. The highest BCUT2D eigenvalue weighted by Crippen LogP contribution is 2.27. The molecular weight excluding hydrogens is 226 g/mol. The molecule has 0 radical (unpaired) electrons. The lowest BCUT2D eigenvalue weighted by atomic mass is 10.0. The van der Waals surface area contributed by atoms with Gasteiger partial charge in [0.05, 0.1) is 0 Å². The molecule has 2 aromatic rings. The van der Waals surface area contributed by atoms with Gasteiger partial charge in [-0.2, -0.15) is 0 Å². The van der Waals surface area contributed by atoms with Crippen molar-refractivity contribution in [2.45, 2.75) is 24.9 Å². The molecule has 92 valence electrons. The summed E-state index contributed by atoms with van der Waals surface area (Å²) in [5.41, 5.74) is 6.37. The number of nitrogens with zero attached hydrogens (tertiary/aromatic N) is 1. The second-order valence-corrected chi connectivity index (χ2v) is 4.73. The van der Waals surface area contributed by atoms with E-state index in [0.29, 0.717) is 6.04 Å². The predicted molar refractivity (Wildman–Crippen MR) is 69.8 cm³/mol. The fourth-order valence-electron chi connectivity index (χ4n) is 2.18. The first-order valence-corrected chi connectivity index (χ1v) is 6.14. The largest absolute Gasteiger partial charge is 0.368 e. The van der Waals surface area contributed by atoms with Crippen molar-refractivity contribution in [3.05, 3.63) is 42.2 Å². The number of carbonyl (C=O) groups excluding carboxylic acids is 1. The lowest BCUT2D eigenvalue weighted by Crippen LogP contribution is -2.35. The molecule has 0 spiro atoms. The Morgan fingerprint density at radius 2 is 2.11 bits per heavy atom. The molecule has 4 heteroatoms. The predicted octanol–water partition coefficient (Wildman–Crippen LogP) is 1.51. The standard InChI is InChI=1S/C14H15N3O/c15-14(18)13(17-10-5-6-10)12-8-16-7-9-3-1-2-4-11(9)12/h1-4,7-8,10,13,17H,5-6H2,(H2,15,18). The third-order valence-corrected chi connectivity index (χ3v) is 3.27. The van der Waals surface area contributed by atoms with Crippen molar-refractivity contribution >= 4 is 16.7 Å². The Bertz CT molecular complexity index is 587. The average molecular weight is 241 g/mol. The maximum Gasteiger partial charge on any atom is 0.239 e. The number of hydrogen-bond acceptors (Lipinski definition) is 3. The van der Waals surface area contributed by atoms with Gasteiger partial charge in [0, 0.05) is 29.4 Å². The number of benzene rings is 1. The zero-order chi connectivity index (χ0) is 12.5. The van der Waals surface area contributed by atoms with Crippen molar-refractivity contribution in [1.82, 2.24) is 10.3 Å². The summed E-state index contributed by atoms with van der Waals surface area (Å²) in [5.74, 6) is -0.347. The molecule has 1 aliphatic carbocycles. The number of hydrogen-bond donors (Lipinski definition) is 2. The number of aromatic nitrogens is 1. The van der Waals surface area contributed by atoms with Crippen LogP contribution in [0.3, 0.4) is 0 Å². The summed E-state index contributed by atoms with van der Waals surface area (Å²) in [6, 6.07) is 7.87. The molecule has 1 heterocycles. The summed E-state index contributed by atoms with van der Waals surface area (Å²) in [5, 5.41) is 5.34. The van der Waals surface area contributed by atoms with Gasteiger partial charge < -0.3 is 5.73 Å². The average Bonchev–Trinajstić information content (AvgIpc) is 3.19. The van der Waals surface area contributed by atoms with Gasteiger partial charge in [0.2, 0.25) is 5.91 Å². The topological polar surface area (TPSA) is 68.0 Å². The molecular formula is C14H15N3O. The number of nitrogens with one attached hydrogen (secondary N) is 1. The van der Waals surface area contributed by atoms with Crippen molar-refractivity contribution in [2.75, 3.05) is 0 Å². The maximum absolute atomic E-state index is 11.6. The van der Waals surface area contributed by atoms with E-state index < -0.39 is 6.04 Å². The molecule has 1 fully saturated rings. The zero-order valence-electron chi connectivity index (χ0n) is 9.97. The second-order valence-electron chi connectivity index (χ2n) is 4.73. The fraction of sp³-hybridized carbons (Fsp3) is 0.286. The van der Waals surface area contributed by atoms with Gasteiger partial charge in [-0.15, -0.1) is 0 Å². The van der Waals surface area contributed by atoms with Crippen molar-refractivity contribution in [1.29, 1.82) is 0 Å². The molecule has 1 saturated carbocycles. The fourth-order valence-corrected chi connectivity index (χ4v) is 2.18. The van der Waals surface area contributed by atoms with Crippen molar-refractivity contribution in [2.24, 2.45) is 5.73 Å². The summed E-state index contributed by atoms with van der Waals surface area (Å²) in [6.07, 6.45) is 5.76. The van der Waals surface area contributed by atoms with Crippen molar-refractivity contribution in [3.8, 4) is 0 Å². The molecule has 1 atom stereocenters. The van der Waals surface area contributed by atoms with Crippen LogP contribution in [0, 0.1) is 0 Å². The van der Waals surface area contributed by atoms with Crippen LogP contribution in [0.5, 0.6) is 0 Å². The maximum atomic E-state index is 11.6. The number of amides is 1.